The summed E-state index contributed by atoms with van der Waals surface area (Å²) in [5.41, 5.74) is 4.26. The van der Waals surface area contributed by atoms with Crippen LogP contribution in [0.15, 0.2) is 47.6 Å². The maximum atomic E-state index is 3.62. The second kappa shape index (κ2) is 10.0. The van der Waals surface area contributed by atoms with Gasteiger partial charge in [-0.2, -0.15) is 30.7 Å². The van der Waals surface area contributed by atoms with Gasteiger partial charge in [0.1, 0.15) is 0 Å². The minimum Gasteiger partial charge on any atom is -0.194 e. The van der Waals surface area contributed by atoms with Crippen molar-refractivity contribution in [3.05, 3.63) is 54.0 Å². The van der Waals surface area contributed by atoms with Crippen molar-refractivity contribution in [2.45, 2.75) is 53.4 Å². The smallest absolute Gasteiger partial charge is 0.0288 e. The summed E-state index contributed by atoms with van der Waals surface area (Å²) in [6.07, 6.45) is 16.0. The molecule has 0 spiro atoms. The first-order chi connectivity index (χ1) is 8.06. The van der Waals surface area contributed by atoms with E-state index in [1.54, 1.807) is 6.08 Å². The Labute approximate surface area is 108 Å². The second-order valence-electron chi connectivity index (χ2n) is 4.77. The molecule has 0 aromatic heterocycles. The molecule has 0 saturated heterocycles. The Kier molecular flexibility index (Phi) is 9.33. The van der Waals surface area contributed by atoms with Crippen molar-refractivity contribution in [3.8, 4) is 0 Å². The van der Waals surface area contributed by atoms with Crippen molar-refractivity contribution in [1.29, 1.82) is 0 Å². The van der Waals surface area contributed by atoms with Crippen LogP contribution in [0.2, 0.25) is 0 Å². The zero-order chi connectivity index (χ0) is 13.1. The van der Waals surface area contributed by atoms with Gasteiger partial charge in [-0.3, -0.25) is 0 Å². The molecule has 0 rings (SSSR count). The Hall–Kier alpha value is -1.17. The molecule has 0 heteroatoms. The average Bonchev–Trinajstić information content (AvgIpc) is 2.25. The van der Waals surface area contributed by atoms with E-state index in [4.69, 9.17) is 0 Å². The summed E-state index contributed by atoms with van der Waals surface area (Å²) in [6, 6.07) is 0. The normalized spacial score (nSPS) is 12.2. The third-order valence-electron chi connectivity index (χ3n) is 2.57. The topological polar surface area (TPSA) is 0 Å². The maximum absolute atomic E-state index is 3.62. The molecule has 17 heavy (non-hydrogen) atoms. The van der Waals surface area contributed by atoms with Gasteiger partial charge in [-0.25, -0.2) is 0 Å². The van der Waals surface area contributed by atoms with Crippen molar-refractivity contribution >= 4 is 0 Å². The summed E-state index contributed by atoms with van der Waals surface area (Å²) < 4.78 is 0. The zero-order valence-electron chi connectivity index (χ0n) is 11.8. The lowest BCUT2D eigenvalue weighted by molar-refractivity contribution is 0.918. The minimum atomic E-state index is 1.11. The van der Waals surface area contributed by atoms with Gasteiger partial charge in [-0.15, -0.1) is 0 Å². The fraction of sp³-hybridized carbons (Fsp3) is 0.471. The molecule has 0 amide bonds. The van der Waals surface area contributed by atoms with Crippen molar-refractivity contribution in [2.75, 3.05) is 0 Å². The number of allylic oxidation sites excluding steroid dienone is 7. The molecule has 0 nitrogen and oxygen atoms in total. The van der Waals surface area contributed by atoms with Crippen LogP contribution in [0.4, 0.5) is 0 Å². The van der Waals surface area contributed by atoms with Gasteiger partial charge in [-0.05, 0) is 40.0 Å². The van der Waals surface area contributed by atoms with Crippen LogP contribution in [-0.4, -0.2) is 0 Å². The molecule has 0 unspecified atom stereocenters. The molecule has 0 atom stereocenters. The van der Waals surface area contributed by atoms with Crippen LogP contribution < -0.4 is 0 Å². The summed E-state index contributed by atoms with van der Waals surface area (Å²) in [5, 5.41) is 0. The summed E-state index contributed by atoms with van der Waals surface area (Å²) in [5.74, 6) is 0. The minimum absolute atomic E-state index is 1.11. The van der Waals surface area contributed by atoms with Gasteiger partial charge < -0.3 is 0 Å². The van der Waals surface area contributed by atoms with E-state index in [2.05, 4.69) is 52.8 Å². The lowest BCUT2D eigenvalue weighted by Crippen LogP contribution is -1.80. The standard InChI is InChI=1S/C17H26/c1-6-7-11-16(4)13-9-14-17(5)12-8-10-15(2)3/h6,10-11,14H,1,8-9,12-13H2,2-5H3/q-1/b16-11-,17-14+. The van der Waals surface area contributed by atoms with Crippen LogP contribution in [0.1, 0.15) is 53.4 Å². The average molecular weight is 230 g/mol. The first-order valence-electron chi connectivity index (χ1n) is 6.38. The first-order valence-corrected chi connectivity index (χ1v) is 6.38. The number of hydrogen-bond acceptors (Lipinski definition) is 0. The van der Waals surface area contributed by atoms with Crippen LogP contribution in [0.25, 0.3) is 0 Å². The summed E-state index contributed by atoms with van der Waals surface area (Å²) in [6.45, 7) is 12.3. The molecule has 0 fully saturated rings. The van der Waals surface area contributed by atoms with Gasteiger partial charge in [0, 0.05) is 0 Å². The predicted octanol–water partition coefficient (Wildman–Crippen LogP) is 5.67. The van der Waals surface area contributed by atoms with Crippen molar-refractivity contribution < 1.29 is 0 Å². The fourth-order valence-corrected chi connectivity index (χ4v) is 1.51. The van der Waals surface area contributed by atoms with E-state index in [9.17, 15) is 0 Å². The molecule has 1 radical (unpaired) electrons. The second-order valence-corrected chi connectivity index (χ2v) is 4.77. The Morgan fingerprint density at radius 1 is 0.941 bits per heavy atom. The first kappa shape index (κ1) is 15.8. The molecule has 0 saturated carbocycles. The van der Waals surface area contributed by atoms with Gasteiger partial charge in [0.15, 0.2) is 0 Å². The predicted molar refractivity (Wildman–Crippen MR) is 78.9 cm³/mol. The third kappa shape index (κ3) is 11.1. The highest BCUT2D eigenvalue weighted by atomic mass is 14.0. The SMILES string of the molecule is C=C[C-]/C=C(/C)CC/C=C(\C)CCC=C(C)C. The van der Waals surface area contributed by atoms with E-state index in [1.165, 1.54) is 23.1 Å². The molecule has 0 heterocycles. The Morgan fingerprint density at radius 2 is 1.53 bits per heavy atom. The van der Waals surface area contributed by atoms with Crippen molar-refractivity contribution in [2.24, 2.45) is 0 Å². The summed E-state index contributed by atoms with van der Waals surface area (Å²) in [4.78, 5) is 0. The van der Waals surface area contributed by atoms with Crippen molar-refractivity contribution in [1.82, 2.24) is 0 Å². The Bertz CT molecular complexity index is 296. The molecule has 0 aromatic rings. The van der Waals surface area contributed by atoms with Crippen LogP contribution in [-0.2, 0) is 0 Å². The highest BCUT2D eigenvalue weighted by Crippen LogP contribution is 2.11. The van der Waals surface area contributed by atoms with Crippen molar-refractivity contribution in [3.63, 3.8) is 0 Å². The van der Waals surface area contributed by atoms with Crippen LogP contribution in [0.5, 0.6) is 0 Å². The van der Waals surface area contributed by atoms with Crippen LogP contribution in [0, 0.1) is 6.42 Å². The molecular weight excluding hydrogens is 204 g/mol. The Balaban J connectivity index is 3.83. The van der Waals surface area contributed by atoms with Gasteiger partial charge in [0.05, 0.1) is 0 Å². The maximum Gasteiger partial charge on any atom is -0.0288 e. The molecule has 0 aliphatic heterocycles. The number of rotatable bonds is 8. The van der Waals surface area contributed by atoms with E-state index >= 15 is 0 Å². The van der Waals surface area contributed by atoms with E-state index in [0.29, 0.717) is 0 Å². The highest BCUT2D eigenvalue weighted by Gasteiger charge is 1.89. The molecule has 0 aromatic carbocycles. The van der Waals surface area contributed by atoms with E-state index in [1.807, 2.05) is 6.08 Å². The van der Waals surface area contributed by atoms with E-state index in [-0.39, 0.29) is 0 Å². The Morgan fingerprint density at radius 3 is 2.12 bits per heavy atom. The molecule has 0 aliphatic carbocycles. The van der Waals surface area contributed by atoms with Crippen LogP contribution in [0.3, 0.4) is 0 Å². The van der Waals surface area contributed by atoms with Gasteiger partial charge in [-0.1, -0.05) is 36.6 Å². The molecule has 95 valence electrons. The molecular formula is C17H26-. The van der Waals surface area contributed by atoms with E-state index < -0.39 is 0 Å². The molecule has 0 aliphatic rings. The van der Waals surface area contributed by atoms with Crippen LogP contribution >= 0.6 is 0 Å². The molecule has 0 bridgehead atoms. The zero-order valence-corrected chi connectivity index (χ0v) is 11.8. The third-order valence-corrected chi connectivity index (χ3v) is 2.57. The number of hydrogen-bond donors (Lipinski definition) is 0. The van der Waals surface area contributed by atoms with Gasteiger partial charge in [0.2, 0.25) is 0 Å². The lowest BCUT2D eigenvalue weighted by Gasteiger charge is -2.04. The van der Waals surface area contributed by atoms with E-state index in [0.717, 1.165) is 19.3 Å². The van der Waals surface area contributed by atoms with Gasteiger partial charge >= 0.3 is 0 Å². The summed E-state index contributed by atoms with van der Waals surface area (Å²) >= 11 is 0. The largest absolute Gasteiger partial charge is 0.194 e. The molecule has 0 N–H and O–H groups in total. The summed E-state index contributed by atoms with van der Waals surface area (Å²) in [7, 11) is 0. The highest BCUT2D eigenvalue weighted by molar-refractivity contribution is 5.13. The van der Waals surface area contributed by atoms with Gasteiger partial charge in [0.25, 0.3) is 0 Å². The monoisotopic (exact) mass is 230 g/mol. The fourth-order valence-electron chi connectivity index (χ4n) is 1.51. The quantitative estimate of drug-likeness (QED) is 0.372. The lowest BCUT2D eigenvalue weighted by atomic mass is 10.1.